The van der Waals surface area contributed by atoms with E-state index >= 15 is 0 Å². The Morgan fingerprint density at radius 1 is 0.943 bits per heavy atom. The minimum atomic E-state index is -0.613. The van der Waals surface area contributed by atoms with Crippen LogP contribution in [0.5, 0.6) is 0 Å². The smallest absolute Gasteiger partial charge is 0.271 e. The molecule has 1 aromatic heterocycles. The number of rotatable bonds is 6. The summed E-state index contributed by atoms with van der Waals surface area (Å²) in [7, 11) is 2.21. The third-order valence-corrected chi connectivity index (χ3v) is 7.09. The maximum atomic E-state index is 12.1. The second-order valence-corrected chi connectivity index (χ2v) is 9.41. The highest BCUT2D eigenvalue weighted by Crippen LogP contribution is 2.27. The highest BCUT2D eigenvalue weighted by Gasteiger charge is 2.26. The van der Waals surface area contributed by atoms with Crippen molar-refractivity contribution in [3.05, 3.63) is 66.5 Å². The van der Waals surface area contributed by atoms with Gasteiger partial charge < -0.3 is 20.9 Å². The molecule has 182 valence electrons. The summed E-state index contributed by atoms with van der Waals surface area (Å²) in [5.74, 6) is -0.254. The lowest BCUT2D eigenvalue weighted by molar-refractivity contribution is 0.0982. The molecule has 2 fully saturated rings. The Hall–Kier alpha value is -3.49. The molecule has 0 spiro atoms. The zero-order chi connectivity index (χ0) is 24.2. The van der Waals surface area contributed by atoms with Crippen molar-refractivity contribution >= 4 is 23.1 Å². The SMILES string of the molecule is CN1CCN(C2CCN(c3ccc(Nc4ncc(-c5ccccc5)nc4C(N)=O)cc3)CC2)CC1. The molecular weight excluding hydrogens is 438 g/mol. The summed E-state index contributed by atoms with van der Waals surface area (Å²) in [6.07, 6.45) is 4.06. The Bertz CT molecular complexity index is 1140. The van der Waals surface area contributed by atoms with Gasteiger partial charge in [-0.25, -0.2) is 9.97 Å². The van der Waals surface area contributed by atoms with Crippen LogP contribution in [0, 0.1) is 0 Å². The standard InChI is InChI=1S/C27H33N7O/c1-32-15-17-34(18-16-32)23-11-13-33(14-12-23)22-9-7-21(8-10-22)30-27-25(26(28)35)31-24(19-29-27)20-5-3-2-4-6-20/h2-10,19,23H,11-18H2,1H3,(H2,28,35)(H,29,30). The fraction of sp³-hybridized carbons (Fsp3) is 0.370. The molecule has 2 aliphatic heterocycles. The summed E-state index contributed by atoms with van der Waals surface area (Å²) in [5, 5.41) is 3.21. The number of hydrogen-bond acceptors (Lipinski definition) is 7. The van der Waals surface area contributed by atoms with Crippen LogP contribution in [0.15, 0.2) is 60.8 Å². The van der Waals surface area contributed by atoms with E-state index in [2.05, 4.69) is 49.2 Å². The number of anilines is 3. The number of piperazine rings is 1. The van der Waals surface area contributed by atoms with Gasteiger partial charge in [0.1, 0.15) is 0 Å². The number of likely N-dealkylation sites (N-methyl/N-ethyl adjacent to an activating group) is 1. The van der Waals surface area contributed by atoms with Crippen LogP contribution in [0.4, 0.5) is 17.2 Å². The Morgan fingerprint density at radius 2 is 1.63 bits per heavy atom. The van der Waals surface area contributed by atoms with Crippen molar-refractivity contribution in [3.63, 3.8) is 0 Å². The Labute approximate surface area is 206 Å². The number of piperidine rings is 1. The number of primary amides is 1. The number of carbonyl (C=O) groups excluding carboxylic acids is 1. The normalized spacial score (nSPS) is 17.9. The van der Waals surface area contributed by atoms with Crippen molar-refractivity contribution in [1.29, 1.82) is 0 Å². The number of carbonyl (C=O) groups is 1. The van der Waals surface area contributed by atoms with E-state index < -0.39 is 5.91 Å². The molecule has 35 heavy (non-hydrogen) atoms. The first-order valence-corrected chi connectivity index (χ1v) is 12.3. The van der Waals surface area contributed by atoms with Gasteiger partial charge in [0.15, 0.2) is 11.5 Å². The fourth-order valence-corrected chi connectivity index (χ4v) is 4.97. The number of hydrogen-bond donors (Lipinski definition) is 2. The molecule has 2 aliphatic rings. The quantitative estimate of drug-likeness (QED) is 0.571. The van der Waals surface area contributed by atoms with Gasteiger partial charge >= 0.3 is 0 Å². The second kappa shape index (κ2) is 10.4. The highest BCUT2D eigenvalue weighted by atomic mass is 16.1. The fourth-order valence-electron chi connectivity index (χ4n) is 4.97. The predicted octanol–water partition coefficient (Wildman–Crippen LogP) is 3.20. The molecule has 0 unspecified atom stereocenters. The maximum Gasteiger partial charge on any atom is 0.271 e. The number of amides is 1. The van der Waals surface area contributed by atoms with Crippen LogP contribution in [0.3, 0.4) is 0 Å². The third-order valence-electron chi connectivity index (χ3n) is 7.09. The molecule has 5 rings (SSSR count). The lowest BCUT2D eigenvalue weighted by atomic mass is 10.0. The molecule has 2 aromatic carbocycles. The molecule has 0 saturated carbocycles. The summed E-state index contributed by atoms with van der Waals surface area (Å²) < 4.78 is 0. The Morgan fingerprint density at radius 3 is 2.29 bits per heavy atom. The first-order chi connectivity index (χ1) is 17.1. The van der Waals surface area contributed by atoms with Crippen LogP contribution >= 0.6 is 0 Å². The molecule has 3 heterocycles. The number of nitrogens with one attached hydrogen (secondary N) is 1. The lowest BCUT2D eigenvalue weighted by Crippen LogP contribution is -2.52. The topological polar surface area (TPSA) is 90.6 Å². The van der Waals surface area contributed by atoms with Gasteiger partial charge in [-0.05, 0) is 44.2 Å². The summed E-state index contributed by atoms with van der Waals surface area (Å²) in [5.41, 5.74) is 9.29. The number of aromatic nitrogens is 2. The van der Waals surface area contributed by atoms with Gasteiger partial charge in [-0.3, -0.25) is 9.69 Å². The first-order valence-electron chi connectivity index (χ1n) is 12.3. The summed E-state index contributed by atoms with van der Waals surface area (Å²) >= 11 is 0. The van der Waals surface area contributed by atoms with Crippen molar-refractivity contribution in [2.45, 2.75) is 18.9 Å². The van der Waals surface area contributed by atoms with Crippen LogP contribution in [0.2, 0.25) is 0 Å². The van der Waals surface area contributed by atoms with Crippen LogP contribution in [-0.4, -0.2) is 78.0 Å². The molecule has 2 saturated heterocycles. The molecule has 8 heteroatoms. The van der Waals surface area contributed by atoms with E-state index in [9.17, 15) is 4.79 Å². The van der Waals surface area contributed by atoms with E-state index in [1.807, 2.05) is 42.5 Å². The molecule has 0 atom stereocenters. The van der Waals surface area contributed by atoms with Gasteiger partial charge in [0.05, 0.1) is 11.9 Å². The molecule has 0 aliphatic carbocycles. The zero-order valence-corrected chi connectivity index (χ0v) is 20.2. The van der Waals surface area contributed by atoms with Crippen molar-refractivity contribution in [2.24, 2.45) is 5.73 Å². The molecule has 8 nitrogen and oxygen atoms in total. The second-order valence-electron chi connectivity index (χ2n) is 9.41. The molecule has 3 N–H and O–H groups in total. The van der Waals surface area contributed by atoms with Crippen LogP contribution < -0.4 is 16.0 Å². The van der Waals surface area contributed by atoms with Gasteiger partial charge in [-0.2, -0.15) is 0 Å². The van der Waals surface area contributed by atoms with Gasteiger partial charge in [0.25, 0.3) is 5.91 Å². The van der Waals surface area contributed by atoms with Gasteiger partial charge in [-0.15, -0.1) is 0 Å². The highest BCUT2D eigenvalue weighted by molar-refractivity contribution is 5.96. The van der Waals surface area contributed by atoms with E-state index in [0.717, 1.165) is 24.3 Å². The van der Waals surface area contributed by atoms with E-state index in [1.54, 1.807) is 6.20 Å². The van der Waals surface area contributed by atoms with E-state index in [0.29, 0.717) is 17.6 Å². The van der Waals surface area contributed by atoms with Crippen molar-refractivity contribution in [2.75, 3.05) is 56.5 Å². The summed E-state index contributed by atoms with van der Waals surface area (Å²) in [6, 6.07) is 18.6. The average Bonchev–Trinajstić information content (AvgIpc) is 2.90. The Kier molecular flexibility index (Phi) is 6.92. The van der Waals surface area contributed by atoms with Crippen LogP contribution in [0.25, 0.3) is 11.3 Å². The van der Waals surface area contributed by atoms with Gasteiger partial charge in [0, 0.05) is 62.2 Å². The van der Waals surface area contributed by atoms with E-state index in [4.69, 9.17) is 5.73 Å². The van der Waals surface area contributed by atoms with Gasteiger partial charge in [0.2, 0.25) is 0 Å². The molecule has 3 aromatic rings. The number of benzene rings is 2. The van der Waals surface area contributed by atoms with Crippen LogP contribution in [-0.2, 0) is 0 Å². The number of nitrogens with two attached hydrogens (primary N) is 1. The van der Waals surface area contributed by atoms with Crippen molar-refractivity contribution in [3.8, 4) is 11.3 Å². The summed E-state index contributed by atoms with van der Waals surface area (Å²) in [4.78, 5) is 28.5. The number of nitrogens with zero attached hydrogens (tertiary/aromatic N) is 5. The molecule has 0 radical (unpaired) electrons. The van der Waals surface area contributed by atoms with Crippen molar-refractivity contribution < 1.29 is 4.79 Å². The maximum absolute atomic E-state index is 12.1. The summed E-state index contributed by atoms with van der Waals surface area (Å²) in [6.45, 7) is 6.86. The predicted molar refractivity (Wildman–Crippen MR) is 140 cm³/mol. The monoisotopic (exact) mass is 471 g/mol. The third kappa shape index (κ3) is 5.44. The minimum Gasteiger partial charge on any atom is -0.371 e. The van der Waals surface area contributed by atoms with Gasteiger partial charge in [-0.1, -0.05) is 30.3 Å². The lowest BCUT2D eigenvalue weighted by Gasteiger charge is -2.42. The largest absolute Gasteiger partial charge is 0.371 e. The molecule has 1 amide bonds. The van der Waals surface area contributed by atoms with Crippen LogP contribution in [0.1, 0.15) is 23.3 Å². The Balaban J connectivity index is 1.22. The molecule has 0 bridgehead atoms. The average molecular weight is 472 g/mol. The minimum absolute atomic E-state index is 0.126. The zero-order valence-electron chi connectivity index (χ0n) is 20.2. The van der Waals surface area contributed by atoms with E-state index in [-0.39, 0.29) is 5.69 Å². The van der Waals surface area contributed by atoms with E-state index in [1.165, 1.54) is 44.7 Å². The van der Waals surface area contributed by atoms with Crippen molar-refractivity contribution in [1.82, 2.24) is 19.8 Å². The first kappa shape index (κ1) is 23.3. The molecular formula is C27H33N7O.